The van der Waals surface area contributed by atoms with Crippen molar-refractivity contribution in [1.82, 2.24) is 15.0 Å². The first-order valence-electron chi connectivity index (χ1n) is 8.64. The van der Waals surface area contributed by atoms with Gasteiger partial charge in [0.1, 0.15) is 0 Å². The lowest BCUT2D eigenvalue weighted by Gasteiger charge is -2.15. The highest BCUT2D eigenvalue weighted by Crippen LogP contribution is 2.21. The van der Waals surface area contributed by atoms with E-state index in [0.717, 1.165) is 5.56 Å². The number of ether oxygens (including phenoxy) is 1. The zero-order valence-electron chi connectivity index (χ0n) is 15.6. The predicted molar refractivity (Wildman–Crippen MR) is 105 cm³/mol. The molecule has 0 saturated heterocycles. The lowest BCUT2D eigenvalue weighted by molar-refractivity contribution is -0.0648. The Bertz CT molecular complexity index is 1100. The molecule has 0 saturated carbocycles. The average molecular weight is 407 g/mol. The molecule has 0 spiro atoms. The summed E-state index contributed by atoms with van der Waals surface area (Å²) in [5.41, 5.74) is 11.6. The molecule has 1 aromatic heterocycles. The first-order chi connectivity index (χ1) is 14.3. The van der Waals surface area contributed by atoms with Crippen molar-refractivity contribution in [3.05, 3.63) is 77.6 Å². The first kappa shape index (κ1) is 20.4. The molecular formula is C20H17N5O5. The zero-order chi connectivity index (χ0) is 21.7. The van der Waals surface area contributed by atoms with E-state index in [-0.39, 0.29) is 23.6 Å². The summed E-state index contributed by atoms with van der Waals surface area (Å²) in [7, 11) is 0. The summed E-state index contributed by atoms with van der Waals surface area (Å²) >= 11 is 0. The Balaban J connectivity index is 1.85. The maximum absolute atomic E-state index is 12.6. The highest BCUT2D eigenvalue weighted by Gasteiger charge is 2.19. The second-order valence-corrected chi connectivity index (χ2v) is 6.13. The minimum atomic E-state index is -1.30. The zero-order valence-corrected chi connectivity index (χ0v) is 15.6. The van der Waals surface area contributed by atoms with E-state index in [2.05, 4.69) is 14.7 Å². The van der Waals surface area contributed by atoms with Crippen molar-refractivity contribution in [2.24, 2.45) is 5.73 Å². The van der Waals surface area contributed by atoms with Gasteiger partial charge in [-0.1, -0.05) is 42.5 Å². The van der Waals surface area contributed by atoms with Gasteiger partial charge in [0.15, 0.2) is 11.5 Å². The highest BCUT2D eigenvalue weighted by atomic mass is 16.6. The minimum Gasteiger partial charge on any atom is -0.382 e. The fraction of sp³-hybridized carbons (Fsp3) is 0.0500. The van der Waals surface area contributed by atoms with Crippen molar-refractivity contribution in [2.75, 3.05) is 5.73 Å². The molecule has 10 nitrogen and oxygen atoms in total. The second kappa shape index (κ2) is 8.80. The number of primary amides is 1. The van der Waals surface area contributed by atoms with Gasteiger partial charge in [-0.25, -0.2) is 24.6 Å². The van der Waals surface area contributed by atoms with E-state index in [1.165, 1.54) is 18.3 Å². The van der Waals surface area contributed by atoms with E-state index in [1.54, 1.807) is 36.4 Å². The number of amides is 2. The molecule has 3 rings (SSSR count). The Kier molecular flexibility index (Phi) is 5.99. The molecular weight excluding hydrogens is 390 g/mol. The van der Waals surface area contributed by atoms with Gasteiger partial charge >= 0.3 is 12.1 Å². The summed E-state index contributed by atoms with van der Waals surface area (Å²) in [5.74, 6) is -2.02. The van der Waals surface area contributed by atoms with Gasteiger partial charge < -0.3 is 16.2 Å². The fourth-order valence-corrected chi connectivity index (χ4v) is 2.62. The molecule has 30 heavy (non-hydrogen) atoms. The van der Waals surface area contributed by atoms with Crippen LogP contribution in [0.4, 0.5) is 10.6 Å². The number of benzene rings is 2. The molecule has 0 bridgehead atoms. The number of aromatic nitrogens is 2. The van der Waals surface area contributed by atoms with E-state index in [0.29, 0.717) is 10.6 Å². The molecule has 0 aliphatic rings. The third-order valence-electron chi connectivity index (χ3n) is 4.00. The van der Waals surface area contributed by atoms with Crippen LogP contribution in [-0.2, 0) is 11.3 Å². The van der Waals surface area contributed by atoms with E-state index in [9.17, 15) is 19.6 Å². The van der Waals surface area contributed by atoms with Gasteiger partial charge in [-0.2, -0.15) is 0 Å². The fourth-order valence-electron chi connectivity index (χ4n) is 2.62. The van der Waals surface area contributed by atoms with Crippen LogP contribution in [0.15, 0.2) is 60.8 Å². The number of nitrogen functional groups attached to an aromatic ring is 1. The molecule has 0 fully saturated rings. The van der Waals surface area contributed by atoms with Crippen LogP contribution in [0.3, 0.4) is 0 Å². The van der Waals surface area contributed by atoms with Crippen LogP contribution < -0.4 is 11.5 Å². The lowest BCUT2D eigenvalue weighted by atomic mass is 10.1. The molecule has 10 heteroatoms. The number of hydrogen-bond acceptors (Lipinski definition) is 8. The molecule has 5 N–H and O–H groups in total. The van der Waals surface area contributed by atoms with Crippen LogP contribution in [0.2, 0.25) is 0 Å². The molecule has 0 aliphatic heterocycles. The molecule has 152 valence electrons. The molecule has 3 aromatic rings. The Labute approximate surface area is 170 Å². The summed E-state index contributed by atoms with van der Waals surface area (Å²) in [5, 5.41) is 10.8. The quantitative estimate of drug-likeness (QED) is 0.250. The summed E-state index contributed by atoms with van der Waals surface area (Å²) in [6, 6.07) is 15.2. The summed E-state index contributed by atoms with van der Waals surface area (Å²) in [6.07, 6.45) is -0.0126. The van der Waals surface area contributed by atoms with Gasteiger partial charge in [0.2, 0.25) is 0 Å². The van der Waals surface area contributed by atoms with Crippen LogP contribution >= 0.6 is 0 Å². The van der Waals surface area contributed by atoms with Crippen LogP contribution in [0, 0.1) is 0 Å². The Morgan fingerprint density at radius 2 is 1.80 bits per heavy atom. The van der Waals surface area contributed by atoms with Crippen molar-refractivity contribution >= 4 is 23.8 Å². The van der Waals surface area contributed by atoms with Crippen LogP contribution in [-0.4, -0.2) is 38.2 Å². The van der Waals surface area contributed by atoms with Gasteiger partial charge in [0.25, 0.3) is 5.91 Å². The summed E-state index contributed by atoms with van der Waals surface area (Å²) < 4.78 is 4.28. The molecule has 2 aromatic carbocycles. The van der Waals surface area contributed by atoms with E-state index in [4.69, 9.17) is 11.5 Å². The van der Waals surface area contributed by atoms with Crippen molar-refractivity contribution in [3.63, 3.8) is 0 Å². The SMILES string of the molecule is NC(=O)OC(=O)c1nc(-c2cccc(C(=O)N(O)Cc3ccccc3)c2)cnc1N. The minimum absolute atomic E-state index is 0.00861. The number of hydrogen-bond donors (Lipinski definition) is 3. The van der Waals surface area contributed by atoms with E-state index in [1.807, 2.05) is 6.07 Å². The number of carbonyl (C=O) groups excluding carboxylic acids is 3. The van der Waals surface area contributed by atoms with Gasteiger partial charge in [0.05, 0.1) is 18.4 Å². The van der Waals surface area contributed by atoms with Gasteiger partial charge in [-0.3, -0.25) is 10.0 Å². The smallest absolute Gasteiger partial charge is 0.382 e. The summed E-state index contributed by atoms with van der Waals surface area (Å²) in [4.78, 5) is 43.2. The van der Waals surface area contributed by atoms with E-state index < -0.39 is 23.7 Å². The topological polar surface area (TPSA) is 162 Å². The van der Waals surface area contributed by atoms with Crippen molar-refractivity contribution in [2.45, 2.75) is 6.54 Å². The standard InChI is InChI=1S/C20H17N5O5/c21-17-16(19(27)30-20(22)28)24-15(10-23-17)13-7-4-8-14(9-13)18(26)25(29)11-12-5-2-1-3-6-12/h1-10,29H,11H2,(H2,21,23)(H2,22,28). The largest absolute Gasteiger partial charge is 0.412 e. The predicted octanol–water partition coefficient (Wildman–Crippen LogP) is 1.99. The lowest BCUT2D eigenvalue weighted by Crippen LogP contribution is -2.26. The molecule has 0 aliphatic carbocycles. The Morgan fingerprint density at radius 3 is 2.50 bits per heavy atom. The highest BCUT2D eigenvalue weighted by molar-refractivity contribution is 5.98. The number of carbonyl (C=O) groups is 3. The summed E-state index contributed by atoms with van der Waals surface area (Å²) in [6.45, 7) is 0.00861. The van der Waals surface area contributed by atoms with Crippen molar-refractivity contribution in [1.29, 1.82) is 0 Å². The van der Waals surface area contributed by atoms with Crippen LogP contribution in [0.25, 0.3) is 11.3 Å². The van der Waals surface area contributed by atoms with Gasteiger partial charge in [-0.05, 0) is 17.7 Å². The third-order valence-corrected chi connectivity index (χ3v) is 4.00. The van der Waals surface area contributed by atoms with Crippen molar-refractivity contribution in [3.8, 4) is 11.3 Å². The first-order valence-corrected chi connectivity index (χ1v) is 8.64. The number of hydroxylamine groups is 2. The molecule has 0 radical (unpaired) electrons. The van der Waals surface area contributed by atoms with Crippen molar-refractivity contribution < 1.29 is 24.3 Å². The van der Waals surface area contributed by atoms with E-state index >= 15 is 0 Å². The number of rotatable bonds is 5. The number of nitrogens with two attached hydrogens (primary N) is 2. The normalized spacial score (nSPS) is 10.3. The third kappa shape index (κ3) is 4.75. The Morgan fingerprint density at radius 1 is 1.07 bits per heavy atom. The average Bonchev–Trinajstić information content (AvgIpc) is 2.73. The van der Waals surface area contributed by atoms with Gasteiger partial charge in [-0.15, -0.1) is 0 Å². The van der Waals surface area contributed by atoms with Gasteiger partial charge in [0, 0.05) is 11.1 Å². The second-order valence-electron chi connectivity index (χ2n) is 6.13. The molecule has 2 amide bonds. The molecule has 1 heterocycles. The number of nitrogens with zero attached hydrogens (tertiary/aromatic N) is 3. The maximum Gasteiger partial charge on any atom is 0.412 e. The number of anilines is 1. The Hall–Kier alpha value is -4.31. The molecule has 0 unspecified atom stereocenters. The van der Waals surface area contributed by atoms with Crippen LogP contribution in [0.5, 0.6) is 0 Å². The molecule has 0 atom stereocenters. The maximum atomic E-state index is 12.6. The monoisotopic (exact) mass is 407 g/mol. The van der Waals surface area contributed by atoms with Crippen LogP contribution in [0.1, 0.15) is 26.4 Å². The number of esters is 1.